The fourth-order valence-electron chi connectivity index (χ4n) is 2.97. The number of aliphatic carboxylic acids is 1. The van der Waals surface area contributed by atoms with Crippen molar-refractivity contribution in [2.24, 2.45) is 0 Å². The molecule has 162 valence electrons. The predicted octanol–water partition coefficient (Wildman–Crippen LogP) is 4.50. The van der Waals surface area contributed by atoms with Gasteiger partial charge in [0.15, 0.2) is 9.84 Å². The first kappa shape index (κ1) is 22.9. The lowest BCUT2D eigenvalue weighted by molar-refractivity contribution is -0.136. The van der Waals surface area contributed by atoms with E-state index in [0.717, 1.165) is 16.0 Å². The second-order valence-corrected chi connectivity index (χ2v) is 10.4. The van der Waals surface area contributed by atoms with E-state index in [4.69, 9.17) is 4.74 Å². The summed E-state index contributed by atoms with van der Waals surface area (Å²) >= 11 is 1.34. The molecule has 0 bridgehead atoms. The van der Waals surface area contributed by atoms with Crippen LogP contribution in [0.4, 0.5) is 0 Å². The third kappa shape index (κ3) is 7.15. The van der Waals surface area contributed by atoms with Crippen molar-refractivity contribution in [1.29, 1.82) is 0 Å². The molecule has 0 amide bonds. The van der Waals surface area contributed by atoms with Gasteiger partial charge in [0.1, 0.15) is 11.0 Å². The van der Waals surface area contributed by atoms with Crippen LogP contribution in [-0.4, -0.2) is 37.6 Å². The van der Waals surface area contributed by atoms with Crippen LogP contribution in [0.5, 0.6) is 5.75 Å². The number of carbonyl (C=O) groups is 1. The molecule has 0 radical (unpaired) electrons. The summed E-state index contributed by atoms with van der Waals surface area (Å²) in [5.41, 5.74) is 1.92. The zero-order valence-electron chi connectivity index (χ0n) is 17.1. The van der Waals surface area contributed by atoms with Gasteiger partial charge in [-0.3, -0.25) is 4.79 Å². The smallest absolute Gasteiger partial charge is 0.317 e. The lowest BCUT2D eigenvalue weighted by atomic mass is 10.1. The monoisotopic (exact) mass is 456 g/mol. The first-order chi connectivity index (χ1) is 14.8. The number of sulfone groups is 1. The highest BCUT2D eigenvalue weighted by Crippen LogP contribution is 2.26. The molecule has 3 aromatic carbocycles. The minimum Gasteiger partial charge on any atom is -0.493 e. The second-order valence-electron chi connectivity index (χ2n) is 7.12. The van der Waals surface area contributed by atoms with Crippen LogP contribution in [0, 0.1) is 0 Å². The highest BCUT2D eigenvalue weighted by molar-refractivity contribution is 8.00. The minimum absolute atomic E-state index is 0.304. The Hall–Kier alpha value is -2.77. The van der Waals surface area contributed by atoms with Gasteiger partial charge in [-0.25, -0.2) is 8.42 Å². The number of benzene rings is 3. The second kappa shape index (κ2) is 10.5. The average molecular weight is 457 g/mol. The molecule has 0 spiro atoms. The van der Waals surface area contributed by atoms with Crippen LogP contribution in [0.3, 0.4) is 0 Å². The van der Waals surface area contributed by atoms with Crippen molar-refractivity contribution in [2.75, 3.05) is 12.9 Å². The maximum absolute atomic E-state index is 11.6. The molecule has 3 rings (SSSR count). The maximum Gasteiger partial charge on any atom is 0.317 e. The number of hydrogen-bond acceptors (Lipinski definition) is 5. The van der Waals surface area contributed by atoms with E-state index in [0.29, 0.717) is 30.1 Å². The van der Waals surface area contributed by atoms with E-state index in [9.17, 15) is 18.3 Å². The summed E-state index contributed by atoms with van der Waals surface area (Å²) in [5.74, 6) is -0.129. The molecular formula is C24H24O5S2. The standard InChI is InChI=1S/C24H24O5S2/c1-31(27,28)22-13-9-18(10-14-22)15-16-29-20-11-7-19(8-12-20)17-23(24(25)26)30-21-5-3-2-4-6-21/h2-14,23H,15-17H2,1H3,(H,25,26). The fourth-order valence-corrected chi connectivity index (χ4v) is 4.62. The molecule has 0 aromatic heterocycles. The van der Waals surface area contributed by atoms with Crippen LogP contribution >= 0.6 is 11.8 Å². The van der Waals surface area contributed by atoms with Gasteiger partial charge in [0.05, 0.1) is 11.5 Å². The van der Waals surface area contributed by atoms with Gasteiger partial charge in [-0.15, -0.1) is 11.8 Å². The zero-order valence-corrected chi connectivity index (χ0v) is 18.7. The fraction of sp³-hybridized carbons (Fsp3) is 0.208. The molecule has 31 heavy (non-hydrogen) atoms. The zero-order chi connectivity index (χ0) is 22.3. The van der Waals surface area contributed by atoms with Gasteiger partial charge in [0.2, 0.25) is 0 Å². The van der Waals surface area contributed by atoms with Crippen LogP contribution in [0.25, 0.3) is 0 Å². The van der Waals surface area contributed by atoms with Gasteiger partial charge in [0.25, 0.3) is 0 Å². The topological polar surface area (TPSA) is 80.7 Å². The first-order valence-corrected chi connectivity index (χ1v) is 12.5. The SMILES string of the molecule is CS(=O)(=O)c1ccc(CCOc2ccc(CC(Sc3ccccc3)C(=O)O)cc2)cc1. The normalized spacial score (nSPS) is 12.3. The number of carboxylic acids is 1. The Morgan fingerprint density at radius 1 is 0.935 bits per heavy atom. The molecule has 0 fully saturated rings. The van der Waals surface area contributed by atoms with E-state index in [1.54, 1.807) is 24.3 Å². The molecule has 0 heterocycles. The van der Waals surface area contributed by atoms with E-state index in [1.807, 2.05) is 54.6 Å². The Bertz CT molecular complexity index is 1090. The third-order valence-corrected chi connectivity index (χ3v) is 6.98. The van der Waals surface area contributed by atoms with Crippen LogP contribution < -0.4 is 4.74 Å². The summed E-state index contributed by atoms with van der Waals surface area (Å²) < 4.78 is 28.8. The molecule has 0 aliphatic rings. The van der Waals surface area contributed by atoms with Crippen molar-refractivity contribution < 1.29 is 23.1 Å². The molecule has 0 saturated carbocycles. The summed E-state index contributed by atoms with van der Waals surface area (Å²) in [4.78, 5) is 12.9. The number of thioether (sulfide) groups is 1. The Kier molecular flexibility index (Phi) is 7.76. The highest BCUT2D eigenvalue weighted by atomic mass is 32.2. The summed E-state index contributed by atoms with van der Waals surface area (Å²) in [6, 6.07) is 23.8. The van der Waals surface area contributed by atoms with Crippen molar-refractivity contribution >= 4 is 27.6 Å². The summed E-state index contributed by atoms with van der Waals surface area (Å²) in [6.07, 6.45) is 2.26. The lowest BCUT2D eigenvalue weighted by Gasteiger charge is -2.13. The van der Waals surface area contributed by atoms with E-state index in [-0.39, 0.29) is 0 Å². The van der Waals surface area contributed by atoms with Crippen molar-refractivity contribution in [3.05, 3.63) is 90.0 Å². The predicted molar refractivity (Wildman–Crippen MR) is 123 cm³/mol. The molecule has 0 saturated heterocycles. The van der Waals surface area contributed by atoms with E-state index in [2.05, 4.69) is 0 Å². The van der Waals surface area contributed by atoms with E-state index in [1.165, 1.54) is 18.0 Å². The van der Waals surface area contributed by atoms with Crippen LogP contribution in [0.15, 0.2) is 88.7 Å². The molecule has 0 aliphatic carbocycles. The lowest BCUT2D eigenvalue weighted by Crippen LogP contribution is -2.19. The Morgan fingerprint density at radius 3 is 2.13 bits per heavy atom. The summed E-state index contributed by atoms with van der Waals surface area (Å²) in [7, 11) is -3.19. The van der Waals surface area contributed by atoms with Crippen LogP contribution in [0.2, 0.25) is 0 Å². The molecule has 5 nitrogen and oxygen atoms in total. The quantitative estimate of drug-likeness (QED) is 0.453. The molecule has 3 aromatic rings. The molecule has 0 aliphatic heterocycles. The molecule has 1 atom stereocenters. The summed E-state index contributed by atoms with van der Waals surface area (Å²) in [5, 5.41) is 8.99. The average Bonchev–Trinajstić information content (AvgIpc) is 2.75. The number of carboxylic acid groups (broad SMARTS) is 1. The van der Waals surface area contributed by atoms with Gasteiger partial charge in [-0.05, 0) is 53.9 Å². The Morgan fingerprint density at radius 2 is 1.55 bits per heavy atom. The summed E-state index contributed by atoms with van der Waals surface area (Å²) in [6.45, 7) is 0.458. The van der Waals surface area contributed by atoms with Crippen molar-refractivity contribution in [2.45, 2.75) is 27.9 Å². The molecule has 1 N–H and O–H groups in total. The number of ether oxygens (including phenoxy) is 1. The Balaban J connectivity index is 1.51. The third-order valence-electron chi connectivity index (χ3n) is 4.65. The van der Waals surface area contributed by atoms with Crippen LogP contribution in [0.1, 0.15) is 11.1 Å². The number of hydrogen-bond donors (Lipinski definition) is 1. The van der Waals surface area contributed by atoms with Crippen molar-refractivity contribution in [3.63, 3.8) is 0 Å². The van der Waals surface area contributed by atoms with Crippen LogP contribution in [-0.2, 0) is 27.5 Å². The maximum atomic E-state index is 11.6. The van der Waals surface area contributed by atoms with E-state index < -0.39 is 21.1 Å². The van der Waals surface area contributed by atoms with E-state index >= 15 is 0 Å². The Labute approximate surface area is 187 Å². The minimum atomic E-state index is -3.19. The molecule has 1 unspecified atom stereocenters. The van der Waals surface area contributed by atoms with Crippen molar-refractivity contribution in [1.82, 2.24) is 0 Å². The number of rotatable bonds is 10. The van der Waals surface area contributed by atoms with Crippen molar-refractivity contribution in [3.8, 4) is 5.75 Å². The first-order valence-electron chi connectivity index (χ1n) is 9.76. The largest absolute Gasteiger partial charge is 0.493 e. The van der Waals surface area contributed by atoms with Gasteiger partial charge in [0, 0.05) is 17.6 Å². The molecular weight excluding hydrogens is 432 g/mol. The van der Waals surface area contributed by atoms with Gasteiger partial charge < -0.3 is 9.84 Å². The van der Waals surface area contributed by atoms with Gasteiger partial charge in [-0.2, -0.15) is 0 Å². The van der Waals surface area contributed by atoms with Gasteiger partial charge in [-0.1, -0.05) is 42.5 Å². The van der Waals surface area contributed by atoms with Gasteiger partial charge >= 0.3 is 5.97 Å². The highest BCUT2D eigenvalue weighted by Gasteiger charge is 2.19. The molecule has 7 heteroatoms.